The van der Waals surface area contributed by atoms with Crippen LogP contribution in [0.1, 0.15) is 0 Å². The van der Waals surface area contributed by atoms with Gasteiger partial charge in [-0.3, -0.25) is 0 Å². The number of aliphatic hydroxyl groups excluding tert-OH is 1. The van der Waals surface area contributed by atoms with E-state index in [-0.39, 0.29) is 34.3 Å². The number of hydrogen-bond acceptors (Lipinski definition) is 1. The predicted molar refractivity (Wildman–Crippen MR) is 17.3 cm³/mol. The maximum Gasteiger partial charge on any atom is 0.0609 e. The summed E-state index contributed by atoms with van der Waals surface area (Å²) >= 11 is 0. The third-order valence-electron chi connectivity index (χ3n) is 0.129. The van der Waals surface area contributed by atoms with Crippen molar-refractivity contribution in [2.75, 3.05) is 6.61 Å². The van der Waals surface area contributed by atoms with E-state index in [1.807, 2.05) is 0 Å². The molecule has 26 valence electrons. The molecule has 0 fully saturated rings. The van der Waals surface area contributed by atoms with E-state index < -0.39 is 0 Å². The molecule has 0 heterocycles. The Morgan fingerprint density at radius 2 is 2.00 bits per heavy atom. The van der Waals surface area contributed by atoms with Crippen LogP contribution in [-0.4, -0.2) is 11.7 Å². The summed E-state index contributed by atoms with van der Waals surface area (Å²) in [6, 6.07) is 0. The smallest absolute Gasteiger partial charge is 0.0609 e. The predicted octanol–water partition coefficient (Wildman–Crippen LogP) is 0.162. The van der Waals surface area contributed by atoms with Crippen LogP contribution < -0.4 is 0 Å². The van der Waals surface area contributed by atoms with Crippen LogP contribution in [0.15, 0.2) is 12.7 Å². The minimum absolute atomic E-state index is 0. The van der Waals surface area contributed by atoms with E-state index in [9.17, 15) is 0 Å². The zero-order valence-corrected chi connectivity index (χ0v) is 8.64. The van der Waals surface area contributed by atoms with Crippen LogP contribution in [-0.2, 0) is 27.7 Å². The second-order valence-electron chi connectivity index (χ2n) is 0.471. The molecule has 0 aliphatic heterocycles. The zero-order valence-electron chi connectivity index (χ0n) is 3.15. The van der Waals surface area contributed by atoms with Crippen LogP contribution in [0.3, 0.4) is 0 Å². The van der Waals surface area contributed by atoms with Gasteiger partial charge in [-0.25, -0.2) is 0 Å². The SMILES string of the molecule is C=CCO.[Hg]. The Labute approximate surface area is 52.2 Å². The van der Waals surface area contributed by atoms with Gasteiger partial charge < -0.3 is 5.11 Å². The van der Waals surface area contributed by atoms with E-state index in [0.717, 1.165) is 0 Å². The fourth-order valence-electron chi connectivity index (χ4n) is 0. The van der Waals surface area contributed by atoms with E-state index in [1.54, 1.807) is 0 Å². The molecule has 0 aliphatic carbocycles. The molecule has 0 rings (SSSR count). The van der Waals surface area contributed by atoms with E-state index in [0.29, 0.717) is 0 Å². The molecule has 0 saturated carbocycles. The van der Waals surface area contributed by atoms with Crippen LogP contribution in [0.4, 0.5) is 0 Å². The summed E-state index contributed by atoms with van der Waals surface area (Å²) in [5, 5.41) is 7.76. The fourth-order valence-corrected chi connectivity index (χ4v) is 0. The molecule has 2 heteroatoms. The molecule has 0 amide bonds. The number of aliphatic hydroxyl groups is 1. The van der Waals surface area contributed by atoms with Gasteiger partial charge >= 0.3 is 0 Å². The van der Waals surface area contributed by atoms with E-state index in [1.165, 1.54) is 6.08 Å². The maximum absolute atomic E-state index is 7.76. The van der Waals surface area contributed by atoms with Crippen molar-refractivity contribution in [2.24, 2.45) is 0 Å². The van der Waals surface area contributed by atoms with Gasteiger partial charge in [0.25, 0.3) is 0 Å². The monoisotopic (exact) mass is 260 g/mol. The average molecular weight is 259 g/mol. The Kier molecular flexibility index (Phi) is 16.2. The Morgan fingerprint density at radius 1 is 1.80 bits per heavy atom. The molecule has 1 nitrogen and oxygen atoms in total. The van der Waals surface area contributed by atoms with Crippen molar-refractivity contribution >= 4 is 0 Å². The third-order valence-corrected chi connectivity index (χ3v) is 0.129. The van der Waals surface area contributed by atoms with Crippen molar-refractivity contribution in [1.82, 2.24) is 0 Å². The summed E-state index contributed by atoms with van der Waals surface area (Å²) in [6.07, 6.45) is 1.43. The van der Waals surface area contributed by atoms with Crippen LogP contribution in [0, 0.1) is 0 Å². The third kappa shape index (κ3) is 12.0. The number of rotatable bonds is 1. The summed E-state index contributed by atoms with van der Waals surface area (Å²) in [6.45, 7) is 3.31. The summed E-state index contributed by atoms with van der Waals surface area (Å²) < 4.78 is 0. The second kappa shape index (κ2) is 8.82. The fraction of sp³-hybridized carbons (Fsp3) is 0.333. The van der Waals surface area contributed by atoms with Crippen molar-refractivity contribution < 1.29 is 32.8 Å². The first-order chi connectivity index (χ1) is 1.91. The molecule has 1 N–H and O–H groups in total. The molecular weight excluding hydrogens is 253 g/mol. The Balaban J connectivity index is 0. The van der Waals surface area contributed by atoms with Gasteiger partial charge in [0.2, 0.25) is 0 Å². The minimum atomic E-state index is 0. The van der Waals surface area contributed by atoms with Gasteiger partial charge in [-0.2, -0.15) is 0 Å². The van der Waals surface area contributed by atoms with Crippen LogP contribution in [0.5, 0.6) is 0 Å². The van der Waals surface area contributed by atoms with Crippen molar-refractivity contribution in [2.45, 2.75) is 0 Å². The van der Waals surface area contributed by atoms with Crippen molar-refractivity contribution in [3.8, 4) is 0 Å². The first kappa shape index (κ1) is 9.16. The van der Waals surface area contributed by atoms with Crippen molar-refractivity contribution in [3.05, 3.63) is 12.7 Å². The molecule has 0 radical (unpaired) electrons. The second-order valence-corrected chi connectivity index (χ2v) is 0.471. The Hall–Kier alpha value is 0.635. The van der Waals surface area contributed by atoms with Gasteiger partial charge in [0, 0.05) is 27.7 Å². The first-order valence-electron chi connectivity index (χ1n) is 1.13. The summed E-state index contributed by atoms with van der Waals surface area (Å²) in [7, 11) is 0. The molecule has 5 heavy (non-hydrogen) atoms. The molecule has 0 bridgehead atoms. The largest absolute Gasteiger partial charge is 0.392 e. The molecule has 0 unspecified atom stereocenters. The van der Waals surface area contributed by atoms with E-state index in [4.69, 9.17) is 5.11 Å². The van der Waals surface area contributed by atoms with Crippen molar-refractivity contribution in [3.63, 3.8) is 0 Å². The first-order valence-corrected chi connectivity index (χ1v) is 1.13. The van der Waals surface area contributed by atoms with Gasteiger partial charge in [-0.15, -0.1) is 6.58 Å². The quantitative estimate of drug-likeness (QED) is 0.525. The average Bonchev–Trinajstić information content (AvgIpc) is 1.37. The summed E-state index contributed by atoms with van der Waals surface area (Å²) in [5.74, 6) is 0. The molecular formula is C3H6HgO. The molecule has 0 spiro atoms. The minimum Gasteiger partial charge on any atom is -0.392 e. The van der Waals surface area contributed by atoms with Gasteiger partial charge in [-0.1, -0.05) is 6.08 Å². The zero-order chi connectivity index (χ0) is 3.41. The normalized spacial score (nSPS) is 5.00. The van der Waals surface area contributed by atoms with Crippen LogP contribution in [0.2, 0.25) is 0 Å². The van der Waals surface area contributed by atoms with Gasteiger partial charge in [0.15, 0.2) is 0 Å². The maximum atomic E-state index is 7.76. The van der Waals surface area contributed by atoms with Crippen LogP contribution >= 0.6 is 0 Å². The Morgan fingerprint density at radius 3 is 2.00 bits per heavy atom. The summed E-state index contributed by atoms with van der Waals surface area (Å²) in [5.41, 5.74) is 0. The Bertz CT molecular complexity index is 20.9. The summed E-state index contributed by atoms with van der Waals surface area (Å²) in [4.78, 5) is 0. The molecule has 0 atom stereocenters. The van der Waals surface area contributed by atoms with Gasteiger partial charge in [0.1, 0.15) is 0 Å². The molecule has 0 aromatic carbocycles. The standard InChI is InChI=1S/C3H6O.Hg/c1-2-3-4;/h2,4H,1,3H2;. The van der Waals surface area contributed by atoms with E-state index in [2.05, 4.69) is 6.58 Å². The van der Waals surface area contributed by atoms with E-state index >= 15 is 0 Å². The van der Waals surface area contributed by atoms with Crippen LogP contribution in [0.25, 0.3) is 0 Å². The van der Waals surface area contributed by atoms with Gasteiger partial charge in [-0.05, 0) is 0 Å². The van der Waals surface area contributed by atoms with Gasteiger partial charge in [0.05, 0.1) is 6.61 Å². The molecule has 0 aliphatic rings. The topological polar surface area (TPSA) is 20.2 Å². The molecule has 0 aromatic heterocycles. The van der Waals surface area contributed by atoms with Crippen molar-refractivity contribution in [1.29, 1.82) is 0 Å². The number of hydrogen-bond donors (Lipinski definition) is 1. The molecule has 0 saturated heterocycles. The molecule has 0 aromatic rings.